The van der Waals surface area contributed by atoms with Crippen molar-refractivity contribution in [2.45, 2.75) is 24.5 Å². The molecule has 1 aliphatic rings. The summed E-state index contributed by atoms with van der Waals surface area (Å²) in [6, 6.07) is 21.5. The highest BCUT2D eigenvalue weighted by molar-refractivity contribution is 7.99. The molecule has 0 aliphatic carbocycles. The van der Waals surface area contributed by atoms with Crippen LogP contribution in [0.4, 0.5) is 5.69 Å². The molecular formula is C25H23N5O2S2. The average molecular weight is 490 g/mol. The van der Waals surface area contributed by atoms with Crippen LogP contribution >= 0.6 is 23.1 Å². The zero-order chi connectivity index (χ0) is 23.3. The van der Waals surface area contributed by atoms with E-state index in [9.17, 15) is 9.59 Å². The van der Waals surface area contributed by atoms with Gasteiger partial charge in [0.1, 0.15) is 0 Å². The van der Waals surface area contributed by atoms with E-state index in [1.54, 1.807) is 6.07 Å². The van der Waals surface area contributed by atoms with Crippen molar-refractivity contribution in [3.63, 3.8) is 0 Å². The van der Waals surface area contributed by atoms with Gasteiger partial charge in [0.15, 0.2) is 11.0 Å². The van der Waals surface area contributed by atoms with Crippen LogP contribution < -0.4 is 10.2 Å². The van der Waals surface area contributed by atoms with Gasteiger partial charge in [-0.25, -0.2) is 0 Å². The fraction of sp³-hybridized carbons (Fsp3) is 0.200. The number of rotatable bonds is 7. The van der Waals surface area contributed by atoms with Crippen LogP contribution in [0.3, 0.4) is 0 Å². The van der Waals surface area contributed by atoms with Crippen molar-refractivity contribution >= 4 is 40.6 Å². The van der Waals surface area contributed by atoms with Crippen molar-refractivity contribution in [2.75, 3.05) is 17.2 Å². The first kappa shape index (κ1) is 22.4. The Morgan fingerprint density at radius 1 is 1.00 bits per heavy atom. The SMILES string of the molecule is O=C(NCc1nnc(SCC(=O)N2CCCc3ccccc32)n1-c1ccccc1)c1cccs1. The number of para-hydroxylation sites is 2. The molecule has 0 saturated carbocycles. The summed E-state index contributed by atoms with van der Waals surface area (Å²) >= 11 is 2.75. The van der Waals surface area contributed by atoms with E-state index < -0.39 is 0 Å². The summed E-state index contributed by atoms with van der Waals surface area (Å²) in [5.41, 5.74) is 3.09. The molecule has 2 aromatic heterocycles. The number of anilines is 1. The van der Waals surface area contributed by atoms with E-state index in [1.807, 2.05) is 69.4 Å². The van der Waals surface area contributed by atoms with Gasteiger partial charge in [-0.2, -0.15) is 0 Å². The van der Waals surface area contributed by atoms with Crippen LogP contribution in [0.2, 0.25) is 0 Å². The summed E-state index contributed by atoms with van der Waals surface area (Å²) in [6.07, 6.45) is 1.96. The minimum Gasteiger partial charge on any atom is -0.344 e. The number of hydrogen-bond acceptors (Lipinski definition) is 6. The molecule has 0 spiro atoms. The van der Waals surface area contributed by atoms with Gasteiger partial charge in [-0.15, -0.1) is 21.5 Å². The third-order valence-electron chi connectivity index (χ3n) is 5.60. The maximum Gasteiger partial charge on any atom is 0.261 e. The lowest BCUT2D eigenvalue weighted by atomic mass is 10.0. The number of fused-ring (bicyclic) bond motifs is 1. The van der Waals surface area contributed by atoms with Crippen LogP contribution in [0.15, 0.2) is 77.3 Å². The predicted molar refractivity (Wildman–Crippen MR) is 135 cm³/mol. The molecule has 4 aromatic rings. The van der Waals surface area contributed by atoms with Gasteiger partial charge in [0.2, 0.25) is 5.91 Å². The molecule has 7 nitrogen and oxygen atoms in total. The second-order valence-electron chi connectivity index (χ2n) is 7.80. The van der Waals surface area contributed by atoms with Gasteiger partial charge in [-0.1, -0.05) is 54.2 Å². The molecule has 0 atom stereocenters. The highest BCUT2D eigenvalue weighted by atomic mass is 32.2. The summed E-state index contributed by atoms with van der Waals surface area (Å²) in [4.78, 5) is 28.1. The number of amides is 2. The van der Waals surface area contributed by atoms with Crippen LogP contribution in [0, 0.1) is 0 Å². The van der Waals surface area contributed by atoms with Crippen molar-refractivity contribution in [1.82, 2.24) is 20.1 Å². The first-order valence-electron chi connectivity index (χ1n) is 11.0. The van der Waals surface area contributed by atoms with Gasteiger partial charge in [0, 0.05) is 17.9 Å². The monoisotopic (exact) mass is 489 g/mol. The molecule has 5 rings (SSSR count). The van der Waals surface area contributed by atoms with E-state index in [-0.39, 0.29) is 24.1 Å². The minimum atomic E-state index is -0.147. The number of aryl methyl sites for hydroxylation is 1. The van der Waals surface area contributed by atoms with Gasteiger partial charge in [0.05, 0.1) is 17.2 Å². The topological polar surface area (TPSA) is 80.1 Å². The molecule has 172 valence electrons. The Labute approximate surface area is 205 Å². The van der Waals surface area contributed by atoms with E-state index in [2.05, 4.69) is 21.6 Å². The number of nitrogens with one attached hydrogen (secondary N) is 1. The van der Waals surface area contributed by atoms with Gasteiger partial charge in [-0.05, 0) is 48.1 Å². The summed E-state index contributed by atoms with van der Waals surface area (Å²) in [5, 5.41) is 14.1. The fourth-order valence-electron chi connectivity index (χ4n) is 4.00. The smallest absolute Gasteiger partial charge is 0.261 e. The number of aromatic nitrogens is 3. The number of nitrogens with zero attached hydrogens (tertiary/aromatic N) is 4. The molecule has 0 fully saturated rings. The van der Waals surface area contributed by atoms with E-state index in [0.29, 0.717) is 15.9 Å². The largest absolute Gasteiger partial charge is 0.344 e. The molecule has 2 amide bonds. The molecule has 1 N–H and O–H groups in total. The number of carbonyl (C=O) groups is 2. The van der Waals surface area contributed by atoms with Crippen molar-refractivity contribution in [1.29, 1.82) is 0 Å². The molecular weight excluding hydrogens is 466 g/mol. The molecule has 2 aromatic carbocycles. The fourth-order valence-corrected chi connectivity index (χ4v) is 5.48. The number of thiophene rings is 1. The van der Waals surface area contributed by atoms with Crippen molar-refractivity contribution in [3.8, 4) is 5.69 Å². The number of hydrogen-bond donors (Lipinski definition) is 1. The van der Waals surface area contributed by atoms with Gasteiger partial charge in [-0.3, -0.25) is 14.2 Å². The summed E-state index contributed by atoms with van der Waals surface area (Å²) in [5.74, 6) is 0.758. The zero-order valence-electron chi connectivity index (χ0n) is 18.4. The molecule has 1 aliphatic heterocycles. The minimum absolute atomic E-state index is 0.0484. The summed E-state index contributed by atoms with van der Waals surface area (Å²) in [7, 11) is 0. The average Bonchev–Trinajstić information content (AvgIpc) is 3.56. The Kier molecular flexibility index (Phi) is 6.73. The maximum absolute atomic E-state index is 13.1. The molecule has 3 heterocycles. The van der Waals surface area contributed by atoms with Crippen molar-refractivity contribution < 1.29 is 9.59 Å². The van der Waals surface area contributed by atoms with Gasteiger partial charge >= 0.3 is 0 Å². The van der Waals surface area contributed by atoms with E-state index >= 15 is 0 Å². The zero-order valence-corrected chi connectivity index (χ0v) is 20.0. The molecule has 0 saturated heterocycles. The van der Waals surface area contributed by atoms with Crippen molar-refractivity contribution in [2.24, 2.45) is 0 Å². The van der Waals surface area contributed by atoms with Crippen LogP contribution in [-0.4, -0.2) is 38.9 Å². The van der Waals surface area contributed by atoms with Gasteiger partial charge in [0.25, 0.3) is 5.91 Å². The lowest BCUT2D eigenvalue weighted by Gasteiger charge is -2.29. The lowest BCUT2D eigenvalue weighted by Crippen LogP contribution is -2.36. The van der Waals surface area contributed by atoms with E-state index in [4.69, 9.17) is 0 Å². The Hall–Kier alpha value is -3.43. The third-order valence-corrected chi connectivity index (χ3v) is 7.39. The second-order valence-corrected chi connectivity index (χ2v) is 9.69. The lowest BCUT2D eigenvalue weighted by molar-refractivity contribution is -0.116. The standard InChI is InChI=1S/C25H23N5O2S2/c31-23(29-14-6-9-18-8-4-5-12-20(18)29)17-34-25-28-27-22(30(25)19-10-2-1-3-11-19)16-26-24(32)21-13-7-15-33-21/h1-5,7-8,10-13,15H,6,9,14,16-17H2,(H,26,32). The Bertz CT molecular complexity index is 1290. The van der Waals surface area contributed by atoms with E-state index in [1.165, 1.54) is 28.7 Å². The predicted octanol–water partition coefficient (Wildman–Crippen LogP) is 4.33. The highest BCUT2D eigenvalue weighted by Gasteiger charge is 2.23. The molecule has 0 radical (unpaired) electrons. The Morgan fingerprint density at radius 2 is 1.82 bits per heavy atom. The Balaban J connectivity index is 1.33. The second kappa shape index (κ2) is 10.2. The highest BCUT2D eigenvalue weighted by Crippen LogP contribution is 2.29. The molecule has 0 unspecified atom stereocenters. The Morgan fingerprint density at radius 3 is 2.65 bits per heavy atom. The van der Waals surface area contributed by atoms with Crippen LogP contribution in [0.5, 0.6) is 0 Å². The number of carbonyl (C=O) groups excluding carboxylic acids is 2. The van der Waals surface area contributed by atoms with Gasteiger partial charge < -0.3 is 10.2 Å². The normalized spacial score (nSPS) is 12.9. The van der Waals surface area contributed by atoms with Crippen LogP contribution in [0.1, 0.15) is 27.5 Å². The first-order valence-corrected chi connectivity index (χ1v) is 12.9. The molecule has 0 bridgehead atoms. The van der Waals surface area contributed by atoms with Crippen LogP contribution in [0.25, 0.3) is 5.69 Å². The van der Waals surface area contributed by atoms with Crippen LogP contribution in [-0.2, 0) is 17.8 Å². The molecule has 34 heavy (non-hydrogen) atoms. The molecule has 9 heteroatoms. The summed E-state index contributed by atoms with van der Waals surface area (Å²) in [6.45, 7) is 0.953. The number of benzene rings is 2. The summed E-state index contributed by atoms with van der Waals surface area (Å²) < 4.78 is 1.90. The van der Waals surface area contributed by atoms with E-state index in [0.717, 1.165) is 30.8 Å². The third kappa shape index (κ3) is 4.76. The van der Waals surface area contributed by atoms with Crippen molar-refractivity contribution in [3.05, 3.63) is 88.4 Å². The first-order chi connectivity index (χ1) is 16.7. The number of thioether (sulfide) groups is 1. The maximum atomic E-state index is 13.1. The quantitative estimate of drug-likeness (QED) is 0.391.